The first-order valence-electron chi connectivity index (χ1n) is 7.17. The molecule has 0 aromatic heterocycles. The maximum absolute atomic E-state index is 12.0. The molecule has 0 atom stereocenters. The van der Waals surface area contributed by atoms with Crippen LogP contribution in [0.5, 0.6) is 5.75 Å². The standard InChI is InChI=1S/C17H18N2O4/c1-12-3-7-14(19(21)22)11-16(12)18-17(20)10-6-13-4-8-15(23-2)9-5-13/h3-5,7-9,11H,6,10H2,1-2H3,(H,18,20). The molecule has 6 nitrogen and oxygen atoms in total. The highest BCUT2D eigenvalue weighted by atomic mass is 16.6. The molecule has 0 unspecified atom stereocenters. The number of hydrogen-bond acceptors (Lipinski definition) is 4. The molecule has 0 bridgehead atoms. The van der Waals surface area contributed by atoms with Crippen LogP contribution in [0, 0.1) is 17.0 Å². The number of nitro groups is 1. The molecular formula is C17H18N2O4. The lowest BCUT2D eigenvalue weighted by Gasteiger charge is -2.08. The number of rotatable bonds is 6. The minimum atomic E-state index is -0.480. The summed E-state index contributed by atoms with van der Waals surface area (Å²) in [5, 5.41) is 13.5. The van der Waals surface area contributed by atoms with Gasteiger partial charge >= 0.3 is 0 Å². The molecule has 1 amide bonds. The van der Waals surface area contributed by atoms with E-state index >= 15 is 0 Å². The second-order valence-electron chi connectivity index (χ2n) is 5.15. The van der Waals surface area contributed by atoms with Crippen molar-refractivity contribution >= 4 is 17.3 Å². The fraction of sp³-hybridized carbons (Fsp3) is 0.235. The van der Waals surface area contributed by atoms with Crippen molar-refractivity contribution in [1.82, 2.24) is 0 Å². The zero-order chi connectivity index (χ0) is 16.8. The van der Waals surface area contributed by atoms with Crippen molar-refractivity contribution in [2.24, 2.45) is 0 Å². The van der Waals surface area contributed by atoms with Crippen LogP contribution < -0.4 is 10.1 Å². The third-order valence-electron chi connectivity index (χ3n) is 3.51. The van der Waals surface area contributed by atoms with E-state index in [-0.39, 0.29) is 11.6 Å². The van der Waals surface area contributed by atoms with Gasteiger partial charge in [-0.1, -0.05) is 18.2 Å². The minimum absolute atomic E-state index is 0.0407. The van der Waals surface area contributed by atoms with E-state index in [2.05, 4.69) is 5.32 Å². The fourth-order valence-corrected chi connectivity index (χ4v) is 2.12. The Hall–Kier alpha value is -2.89. The Morgan fingerprint density at radius 1 is 1.22 bits per heavy atom. The van der Waals surface area contributed by atoms with Crippen LogP contribution in [0.2, 0.25) is 0 Å². The summed E-state index contributed by atoms with van der Waals surface area (Å²) in [5.74, 6) is 0.592. The highest BCUT2D eigenvalue weighted by Crippen LogP contribution is 2.22. The van der Waals surface area contributed by atoms with Crippen molar-refractivity contribution in [3.63, 3.8) is 0 Å². The summed E-state index contributed by atoms with van der Waals surface area (Å²) in [7, 11) is 1.60. The highest BCUT2D eigenvalue weighted by Gasteiger charge is 2.11. The number of anilines is 1. The SMILES string of the molecule is COc1ccc(CCC(=O)Nc2cc([N+](=O)[O-])ccc2C)cc1. The number of carbonyl (C=O) groups is 1. The molecule has 0 heterocycles. The molecule has 23 heavy (non-hydrogen) atoms. The predicted octanol–water partition coefficient (Wildman–Crippen LogP) is 3.48. The molecule has 0 saturated heterocycles. The molecule has 0 radical (unpaired) electrons. The van der Waals surface area contributed by atoms with E-state index in [4.69, 9.17) is 4.74 Å². The number of amides is 1. The number of nitro benzene ring substituents is 1. The number of nitrogens with zero attached hydrogens (tertiary/aromatic N) is 1. The average Bonchev–Trinajstić information content (AvgIpc) is 2.55. The van der Waals surface area contributed by atoms with Gasteiger partial charge in [0.25, 0.3) is 5.69 Å². The topological polar surface area (TPSA) is 81.5 Å². The van der Waals surface area contributed by atoms with Crippen LogP contribution in [0.15, 0.2) is 42.5 Å². The zero-order valence-corrected chi connectivity index (χ0v) is 13.0. The fourth-order valence-electron chi connectivity index (χ4n) is 2.12. The van der Waals surface area contributed by atoms with Crippen LogP contribution >= 0.6 is 0 Å². The monoisotopic (exact) mass is 314 g/mol. The lowest BCUT2D eigenvalue weighted by Crippen LogP contribution is -2.13. The van der Waals surface area contributed by atoms with Crippen molar-refractivity contribution in [3.8, 4) is 5.75 Å². The molecule has 0 aliphatic carbocycles. The third kappa shape index (κ3) is 4.54. The molecule has 6 heteroatoms. The quantitative estimate of drug-likeness (QED) is 0.653. The largest absolute Gasteiger partial charge is 0.497 e. The average molecular weight is 314 g/mol. The summed E-state index contributed by atoms with van der Waals surface area (Å²) < 4.78 is 5.08. The van der Waals surface area contributed by atoms with Gasteiger partial charge in [-0.3, -0.25) is 14.9 Å². The van der Waals surface area contributed by atoms with Gasteiger partial charge in [0.1, 0.15) is 5.75 Å². The zero-order valence-electron chi connectivity index (χ0n) is 13.0. The second-order valence-corrected chi connectivity index (χ2v) is 5.15. The number of carbonyl (C=O) groups excluding carboxylic acids is 1. The van der Waals surface area contributed by atoms with E-state index in [0.29, 0.717) is 18.5 Å². The Morgan fingerprint density at radius 2 is 1.91 bits per heavy atom. The number of ether oxygens (including phenoxy) is 1. The molecule has 2 aromatic carbocycles. The van der Waals surface area contributed by atoms with Gasteiger partial charge < -0.3 is 10.1 Å². The molecule has 1 N–H and O–H groups in total. The Morgan fingerprint density at radius 3 is 2.52 bits per heavy atom. The van der Waals surface area contributed by atoms with Crippen LogP contribution in [-0.2, 0) is 11.2 Å². The molecular weight excluding hydrogens is 296 g/mol. The number of nitrogens with one attached hydrogen (secondary N) is 1. The van der Waals surface area contributed by atoms with Crippen molar-refractivity contribution < 1.29 is 14.5 Å². The lowest BCUT2D eigenvalue weighted by molar-refractivity contribution is -0.384. The van der Waals surface area contributed by atoms with Crippen molar-refractivity contribution in [1.29, 1.82) is 0 Å². The second kappa shape index (κ2) is 7.40. The summed E-state index contributed by atoms with van der Waals surface area (Å²) in [6, 6.07) is 11.9. The van der Waals surface area contributed by atoms with Crippen molar-refractivity contribution in [2.75, 3.05) is 12.4 Å². The molecule has 120 valence electrons. The lowest BCUT2D eigenvalue weighted by atomic mass is 10.1. The number of benzene rings is 2. The normalized spacial score (nSPS) is 10.2. The minimum Gasteiger partial charge on any atom is -0.497 e. The molecule has 0 aliphatic heterocycles. The van der Waals surface area contributed by atoms with Gasteiger partial charge in [0.15, 0.2) is 0 Å². The van der Waals surface area contributed by atoms with Crippen molar-refractivity contribution in [2.45, 2.75) is 19.8 Å². The number of aryl methyl sites for hydroxylation is 2. The smallest absolute Gasteiger partial charge is 0.271 e. The first-order valence-corrected chi connectivity index (χ1v) is 7.17. The van der Waals surface area contributed by atoms with E-state index in [1.54, 1.807) is 20.1 Å². The molecule has 2 rings (SSSR count). The van der Waals surface area contributed by atoms with E-state index in [1.807, 2.05) is 24.3 Å². The van der Waals surface area contributed by atoms with E-state index in [9.17, 15) is 14.9 Å². The predicted molar refractivity (Wildman–Crippen MR) is 87.8 cm³/mol. The van der Waals surface area contributed by atoms with E-state index in [1.165, 1.54) is 12.1 Å². The summed E-state index contributed by atoms with van der Waals surface area (Å²) >= 11 is 0. The van der Waals surface area contributed by atoms with Crippen LogP contribution in [0.4, 0.5) is 11.4 Å². The van der Waals surface area contributed by atoms with Gasteiger partial charge in [-0.25, -0.2) is 0 Å². The number of non-ortho nitro benzene ring substituents is 1. The van der Waals surface area contributed by atoms with Gasteiger partial charge in [-0.05, 0) is 36.6 Å². The van der Waals surface area contributed by atoms with Gasteiger partial charge in [-0.15, -0.1) is 0 Å². The highest BCUT2D eigenvalue weighted by molar-refractivity contribution is 5.92. The summed E-state index contributed by atoms with van der Waals surface area (Å²) in [4.78, 5) is 22.4. The van der Waals surface area contributed by atoms with Gasteiger partial charge in [-0.2, -0.15) is 0 Å². The first kappa shape index (κ1) is 16.5. The maximum atomic E-state index is 12.0. The molecule has 0 spiro atoms. The Balaban J connectivity index is 1.96. The van der Waals surface area contributed by atoms with Crippen molar-refractivity contribution in [3.05, 3.63) is 63.7 Å². The summed E-state index contributed by atoms with van der Waals surface area (Å²) in [6.45, 7) is 1.79. The van der Waals surface area contributed by atoms with Crippen LogP contribution in [0.25, 0.3) is 0 Å². The number of methoxy groups -OCH3 is 1. The molecule has 0 saturated carbocycles. The Kier molecular flexibility index (Phi) is 5.30. The third-order valence-corrected chi connectivity index (χ3v) is 3.51. The molecule has 0 aliphatic rings. The van der Waals surface area contributed by atoms with Crippen LogP contribution in [0.1, 0.15) is 17.5 Å². The molecule has 2 aromatic rings. The first-order chi connectivity index (χ1) is 11.0. The Labute approximate surface area is 134 Å². The van der Waals surface area contributed by atoms with Gasteiger partial charge in [0.05, 0.1) is 17.7 Å². The van der Waals surface area contributed by atoms with Crippen LogP contribution in [0.3, 0.4) is 0 Å². The van der Waals surface area contributed by atoms with Gasteiger partial charge in [0.2, 0.25) is 5.91 Å². The summed E-state index contributed by atoms with van der Waals surface area (Å²) in [5.41, 5.74) is 2.24. The van der Waals surface area contributed by atoms with Gasteiger partial charge in [0, 0.05) is 18.6 Å². The summed E-state index contributed by atoms with van der Waals surface area (Å²) in [6.07, 6.45) is 0.887. The Bertz CT molecular complexity index is 711. The van der Waals surface area contributed by atoms with E-state index < -0.39 is 4.92 Å². The van der Waals surface area contributed by atoms with Crippen LogP contribution in [-0.4, -0.2) is 17.9 Å². The maximum Gasteiger partial charge on any atom is 0.271 e. The van der Waals surface area contributed by atoms with E-state index in [0.717, 1.165) is 16.9 Å². The molecule has 0 fully saturated rings. The number of hydrogen-bond donors (Lipinski definition) is 1.